The molecule has 8 heteroatoms. The Labute approximate surface area is 174 Å². The Kier molecular flexibility index (Phi) is 6.77. The van der Waals surface area contributed by atoms with Gasteiger partial charge in [0, 0.05) is 25.2 Å². The van der Waals surface area contributed by atoms with Crippen LogP contribution in [-0.2, 0) is 22.6 Å². The summed E-state index contributed by atoms with van der Waals surface area (Å²) in [4.78, 5) is 26.4. The van der Waals surface area contributed by atoms with Gasteiger partial charge in [-0.2, -0.15) is 0 Å². The topological polar surface area (TPSA) is 73.5 Å². The van der Waals surface area contributed by atoms with Crippen molar-refractivity contribution < 1.29 is 14.0 Å². The van der Waals surface area contributed by atoms with Gasteiger partial charge in [0.05, 0.1) is 5.92 Å². The number of nitrogens with zero attached hydrogens (tertiary/aromatic N) is 1. The van der Waals surface area contributed by atoms with Crippen LogP contribution in [0.1, 0.15) is 24.5 Å². The highest BCUT2D eigenvalue weighted by Gasteiger charge is 2.35. The van der Waals surface area contributed by atoms with Gasteiger partial charge in [-0.15, -0.1) is 0 Å². The molecule has 0 aromatic heterocycles. The van der Waals surface area contributed by atoms with E-state index in [-0.39, 0.29) is 29.2 Å². The predicted molar refractivity (Wildman–Crippen MR) is 113 cm³/mol. The van der Waals surface area contributed by atoms with E-state index in [0.717, 1.165) is 17.7 Å². The number of carbonyl (C=O) groups excluding carboxylic acids is 2. The molecular weight excluding hydrogens is 391 g/mol. The molecule has 0 aliphatic carbocycles. The van der Waals surface area contributed by atoms with Gasteiger partial charge < -0.3 is 10.2 Å². The summed E-state index contributed by atoms with van der Waals surface area (Å²) in [6.07, 6.45) is 1.08. The first kappa shape index (κ1) is 20.7. The molecule has 6 nitrogen and oxygen atoms in total. The van der Waals surface area contributed by atoms with Crippen molar-refractivity contribution in [1.29, 1.82) is 0 Å². The fourth-order valence-corrected chi connectivity index (χ4v) is 3.22. The zero-order valence-corrected chi connectivity index (χ0v) is 16.9. The summed E-state index contributed by atoms with van der Waals surface area (Å²) < 4.78 is 12.9. The molecule has 2 aromatic carbocycles. The van der Waals surface area contributed by atoms with E-state index in [1.54, 1.807) is 17.0 Å². The van der Waals surface area contributed by atoms with Gasteiger partial charge >= 0.3 is 0 Å². The zero-order valence-electron chi connectivity index (χ0n) is 16.1. The lowest BCUT2D eigenvalue weighted by Crippen LogP contribution is -2.48. The predicted octanol–water partition coefficient (Wildman–Crippen LogP) is 2.44. The lowest BCUT2D eigenvalue weighted by atomic mass is 10.1. The molecule has 3 N–H and O–H groups in total. The van der Waals surface area contributed by atoms with Crippen molar-refractivity contribution in [3.05, 3.63) is 65.5 Å². The van der Waals surface area contributed by atoms with E-state index in [1.807, 2.05) is 24.3 Å². The summed E-state index contributed by atoms with van der Waals surface area (Å²) in [6.45, 7) is 2.79. The van der Waals surface area contributed by atoms with Crippen molar-refractivity contribution in [3.63, 3.8) is 0 Å². The number of hydrazine groups is 1. The number of thiocarbonyl (C=S) groups is 1. The van der Waals surface area contributed by atoms with Crippen LogP contribution in [0.5, 0.6) is 0 Å². The molecule has 3 rings (SSSR count). The number of nitrogens with one attached hydrogen (secondary N) is 3. The van der Waals surface area contributed by atoms with E-state index in [9.17, 15) is 14.0 Å². The van der Waals surface area contributed by atoms with Gasteiger partial charge in [-0.3, -0.25) is 20.4 Å². The molecule has 2 aromatic rings. The minimum atomic E-state index is -0.458. The van der Waals surface area contributed by atoms with Gasteiger partial charge in [0.15, 0.2) is 5.11 Å². The SMILES string of the molecule is CCc1ccc(N2C[C@H](C(=O)NNC(=S)NCc3ccc(F)cc3)CC2=O)cc1. The van der Waals surface area contributed by atoms with E-state index < -0.39 is 5.92 Å². The lowest BCUT2D eigenvalue weighted by molar-refractivity contribution is -0.126. The summed E-state index contributed by atoms with van der Waals surface area (Å²) in [5.41, 5.74) is 8.04. The van der Waals surface area contributed by atoms with Crippen LogP contribution < -0.4 is 21.1 Å². The van der Waals surface area contributed by atoms with E-state index in [1.165, 1.54) is 17.7 Å². The molecule has 1 aliphatic heterocycles. The van der Waals surface area contributed by atoms with Crippen molar-refractivity contribution in [1.82, 2.24) is 16.2 Å². The first-order valence-electron chi connectivity index (χ1n) is 9.43. The molecule has 2 amide bonds. The third kappa shape index (κ3) is 5.51. The molecule has 0 radical (unpaired) electrons. The van der Waals surface area contributed by atoms with Gasteiger partial charge in [0.1, 0.15) is 5.82 Å². The minimum absolute atomic E-state index is 0.0774. The smallest absolute Gasteiger partial charge is 0.243 e. The Morgan fingerprint density at radius 2 is 1.76 bits per heavy atom. The number of hydrogen-bond donors (Lipinski definition) is 3. The van der Waals surface area contributed by atoms with Gasteiger partial charge in [0.2, 0.25) is 11.8 Å². The fourth-order valence-electron chi connectivity index (χ4n) is 3.09. The highest BCUT2D eigenvalue weighted by Crippen LogP contribution is 2.25. The number of anilines is 1. The monoisotopic (exact) mass is 414 g/mol. The van der Waals surface area contributed by atoms with Crippen LogP contribution in [0.25, 0.3) is 0 Å². The quantitative estimate of drug-likeness (QED) is 0.518. The van der Waals surface area contributed by atoms with E-state index >= 15 is 0 Å². The molecular formula is C21H23FN4O2S. The maximum Gasteiger partial charge on any atom is 0.243 e. The summed E-state index contributed by atoms with van der Waals surface area (Å²) in [6, 6.07) is 13.8. The molecule has 0 bridgehead atoms. The second-order valence-electron chi connectivity index (χ2n) is 6.85. The maximum atomic E-state index is 12.9. The molecule has 152 valence electrons. The number of hydrogen-bond acceptors (Lipinski definition) is 3. The molecule has 29 heavy (non-hydrogen) atoms. The van der Waals surface area contributed by atoms with Crippen molar-refractivity contribution in [3.8, 4) is 0 Å². The molecule has 1 atom stereocenters. The van der Waals surface area contributed by atoms with E-state index in [2.05, 4.69) is 23.1 Å². The van der Waals surface area contributed by atoms with Crippen LogP contribution in [0.15, 0.2) is 48.5 Å². The number of benzene rings is 2. The summed E-state index contributed by atoms with van der Waals surface area (Å²) in [5, 5.41) is 3.16. The third-order valence-electron chi connectivity index (χ3n) is 4.82. The number of amides is 2. The molecule has 0 saturated carbocycles. The van der Waals surface area contributed by atoms with Gasteiger partial charge in [-0.1, -0.05) is 31.2 Å². The first-order chi connectivity index (χ1) is 14.0. The fraction of sp³-hybridized carbons (Fsp3) is 0.286. The number of aryl methyl sites for hydroxylation is 1. The molecule has 0 spiro atoms. The normalized spacial score (nSPS) is 15.9. The number of halogens is 1. The van der Waals surface area contributed by atoms with Crippen LogP contribution in [0.2, 0.25) is 0 Å². The van der Waals surface area contributed by atoms with Gasteiger partial charge in [-0.25, -0.2) is 4.39 Å². The van der Waals surface area contributed by atoms with Crippen LogP contribution in [-0.4, -0.2) is 23.5 Å². The maximum absolute atomic E-state index is 12.9. The van der Waals surface area contributed by atoms with Crippen molar-refractivity contribution in [2.75, 3.05) is 11.4 Å². The van der Waals surface area contributed by atoms with Crippen molar-refractivity contribution in [2.45, 2.75) is 26.3 Å². The first-order valence-corrected chi connectivity index (χ1v) is 9.84. The molecule has 0 unspecified atom stereocenters. The average molecular weight is 415 g/mol. The molecule has 1 aliphatic rings. The second-order valence-corrected chi connectivity index (χ2v) is 7.26. The Bertz CT molecular complexity index is 887. The van der Waals surface area contributed by atoms with Crippen LogP contribution in [0.4, 0.5) is 10.1 Å². The van der Waals surface area contributed by atoms with Gasteiger partial charge in [-0.05, 0) is 54.0 Å². The highest BCUT2D eigenvalue weighted by molar-refractivity contribution is 7.80. The van der Waals surface area contributed by atoms with Crippen LogP contribution in [0.3, 0.4) is 0 Å². The van der Waals surface area contributed by atoms with Crippen LogP contribution >= 0.6 is 12.2 Å². The van der Waals surface area contributed by atoms with E-state index in [4.69, 9.17) is 12.2 Å². The largest absolute Gasteiger partial charge is 0.357 e. The molecule has 1 heterocycles. The van der Waals surface area contributed by atoms with Crippen LogP contribution in [0, 0.1) is 11.7 Å². The molecule has 1 saturated heterocycles. The Morgan fingerprint density at radius 1 is 1.10 bits per heavy atom. The lowest BCUT2D eigenvalue weighted by Gasteiger charge is -2.17. The number of rotatable bonds is 5. The summed E-state index contributed by atoms with van der Waals surface area (Å²) in [7, 11) is 0. The third-order valence-corrected chi connectivity index (χ3v) is 5.06. The van der Waals surface area contributed by atoms with Gasteiger partial charge in [0.25, 0.3) is 0 Å². The molecule has 1 fully saturated rings. The Hall–Kier alpha value is -3.00. The number of carbonyl (C=O) groups is 2. The van der Waals surface area contributed by atoms with Crippen molar-refractivity contribution >= 4 is 34.8 Å². The minimum Gasteiger partial charge on any atom is -0.357 e. The zero-order chi connectivity index (χ0) is 20.8. The second kappa shape index (κ2) is 9.47. The summed E-state index contributed by atoms with van der Waals surface area (Å²) in [5.74, 6) is -1.13. The van der Waals surface area contributed by atoms with Crippen molar-refractivity contribution in [2.24, 2.45) is 5.92 Å². The Morgan fingerprint density at radius 3 is 2.41 bits per heavy atom. The van der Waals surface area contributed by atoms with E-state index in [0.29, 0.717) is 13.1 Å². The average Bonchev–Trinajstić information content (AvgIpc) is 3.13. The Balaban J connectivity index is 1.46. The summed E-state index contributed by atoms with van der Waals surface area (Å²) >= 11 is 5.13. The highest BCUT2D eigenvalue weighted by atomic mass is 32.1. The standard InChI is InChI=1S/C21H23FN4O2S/c1-2-14-5-9-18(10-6-14)26-13-16(11-19(26)27)20(28)24-25-21(29)23-12-15-3-7-17(22)8-4-15/h3-10,16H,2,11-13H2,1H3,(H,24,28)(H2,23,25,29)/t16-/m1/s1.